The number of carbonyl (C=O) groups is 1. The number of hydrogen-bond acceptors (Lipinski definition) is 2. The third-order valence-corrected chi connectivity index (χ3v) is 5.31. The molecular weight excluding hydrogens is 372 g/mol. The van der Waals surface area contributed by atoms with Crippen LogP contribution in [0.4, 0.5) is 16.2 Å². The number of benzene rings is 2. The van der Waals surface area contributed by atoms with Crippen LogP contribution in [0.2, 0.25) is 0 Å². The SMILES string of the molecule is CCCn1cc(CN(C(=O)Nc2c(C)cccc2C)c2ccc(C(C)C)cc2)cn1.[HH]. The Bertz CT molecular complexity index is 975. The Morgan fingerprint density at radius 3 is 2.40 bits per heavy atom. The van der Waals surface area contributed by atoms with Crippen LogP contribution in [-0.4, -0.2) is 15.8 Å². The van der Waals surface area contributed by atoms with E-state index in [0.717, 1.165) is 41.0 Å². The topological polar surface area (TPSA) is 50.2 Å². The Morgan fingerprint density at radius 1 is 1.13 bits per heavy atom. The van der Waals surface area contributed by atoms with Gasteiger partial charge in [-0.3, -0.25) is 9.58 Å². The van der Waals surface area contributed by atoms with Gasteiger partial charge in [-0.05, 0) is 55.0 Å². The summed E-state index contributed by atoms with van der Waals surface area (Å²) in [6.07, 6.45) is 4.89. The molecule has 0 aliphatic rings. The first-order valence-corrected chi connectivity index (χ1v) is 10.6. The molecule has 0 saturated carbocycles. The summed E-state index contributed by atoms with van der Waals surface area (Å²) < 4.78 is 1.93. The highest BCUT2D eigenvalue weighted by atomic mass is 16.2. The lowest BCUT2D eigenvalue weighted by Crippen LogP contribution is -2.34. The average molecular weight is 407 g/mol. The number of para-hydroxylation sites is 1. The summed E-state index contributed by atoms with van der Waals surface area (Å²) in [5.74, 6) is 0.447. The summed E-state index contributed by atoms with van der Waals surface area (Å²) in [6, 6.07) is 14.1. The first kappa shape index (κ1) is 21.6. The van der Waals surface area contributed by atoms with Gasteiger partial charge in [0.2, 0.25) is 0 Å². The van der Waals surface area contributed by atoms with Crippen LogP contribution < -0.4 is 10.2 Å². The van der Waals surface area contributed by atoms with Gasteiger partial charge >= 0.3 is 6.03 Å². The van der Waals surface area contributed by atoms with E-state index in [1.807, 2.05) is 61.3 Å². The van der Waals surface area contributed by atoms with Gasteiger partial charge in [-0.15, -0.1) is 0 Å². The van der Waals surface area contributed by atoms with E-state index in [-0.39, 0.29) is 7.46 Å². The normalized spacial score (nSPS) is 11.0. The number of urea groups is 1. The van der Waals surface area contributed by atoms with Crippen LogP contribution in [0.25, 0.3) is 0 Å². The van der Waals surface area contributed by atoms with Crippen molar-refractivity contribution < 1.29 is 6.22 Å². The van der Waals surface area contributed by atoms with Gasteiger partial charge in [-0.1, -0.05) is 51.1 Å². The van der Waals surface area contributed by atoms with Gasteiger partial charge in [0, 0.05) is 31.1 Å². The number of carbonyl (C=O) groups excluding carboxylic acids is 1. The molecule has 1 aromatic heterocycles. The van der Waals surface area contributed by atoms with Crippen LogP contribution >= 0.6 is 0 Å². The highest BCUT2D eigenvalue weighted by Crippen LogP contribution is 2.25. The van der Waals surface area contributed by atoms with Crippen LogP contribution in [0.5, 0.6) is 0 Å². The van der Waals surface area contributed by atoms with Crippen molar-refractivity contribution >= 4 is 17.4 Å². The minimum atomic E-state index is -0.145. The molecule has 0 spiro atoms. The third kappa shape index (κ3) is 5.09. The summed E-state index contributed by atoms with van der Waals surface area (Å²) in [7, 11) is 0. The number of rotatable bonds is 7. The predicted octanol–water partition coefficient (Wildman–Crippen LogP) is 6.52. The molecule has 0 aliphatic heterocycles. The van der Waals surface area contributed by atoms with Crippen molar-refractivity contribution in [1.82, 2.24) is 9.78 Å². The average Bonchev–Trinajstić information content (AvgIpc) is 3.16. The van der Waals surface area contributed by atoms with E-state index in [0.29, 0.717) is 12.5 Å². The van der Waals surface area contributed by atoms with E-state index >= 15 is 0 Å². The molecule has 0 aliphatic carbocycles. The van der Waals surface area contributed by atoms with E-state index in [1.165, 1.54) is 5.56 Å². The number of nitrogens with zero attached hydrogens (tertiary/aromatic N) is 3. The maximum absolute atomic E-state index is 13.4. The largest absolute Gasteiger partial charge is 0.326 e. The van der Waals surface area contributed by atoms with Gasteiger partial charge in [-0.25, -0.2) is 4.79 Å². The fourth-order valence-corrected chi connectivity index (χ4v) is 3.53. The number of amides is 2. The fraction of sp³-hybridized carbons (Fsp3) is 0.360. The molecule has 0 fully saturated rings. The molecule has 0 unspecified atom stereocenters. The monoisotopic (exact) mass is 406 g/mol. The standard InChI is InChI=1S/C25H32N4O.H2/c1-6-14-28-16-21(15-26-28)17-29(23-12-10-22(11-13-23)18(2)3)25(30)27-24-19(4)8-7-9-20(24)5;/h7-13,15-16,18H,6,14,17H2,1-5H3,(H,27,30);1H. The quantitative estimate of drug-likeness (QED) is 0.486. The van der Waals surface area contributed by atoms with Crippen molar-refractivity contribution in [3.05, 3.63) is 77.1 Å². The highest BCUT2D eigenvalue weighted by molar-refractivity contribution is 6.02. The molecule has 30 heavy (non-hydrogen) atoms. The molecule has 160 valence electrons. The molecule has 0 radical (unpaired) electrons. The fourth-order valence-electron chi connectivity index (χ4n) is 3.53. The Morgan fingerprint density at radius 2 is 1.80 bits per heavy atom. The zero-order chi connectivity index (χ0) is 21.7. The minimum Gasteiger partial charge on any atom is -0.307 e. The Kier molecular flexibility index (Phi) is 6.93. The molecule has 0 saturated heterocycles. The van der Waals surface area contributed by atoms with E-state index in [4.69, 9.17) is 0 Å². The summed E-state index contributed by atoms with van der Waals surface area (Å²) in [5, 5.41) is 7.55. The molecule has 2 amide bonds. The first-order chi connectivity index (χ1) is 14.4. The smallest absolute Gasteiger partial charge is 0.307 e. The van der Waals surface area contributed by atoms with Gasteiger partial charge in [0.25, 0.3) is 0 Å². The van der Waals surface area contributed by atoms with E-state index in [9.17, 15) is 4.79 Å². The maximum Gasteiger partial charge on any atom is 0.326 e. The van der Waals surface area contributed by atoms with Gasteiger partial charge in [0.15, 0.2) is 0 Å². The molecular formula is C25H34N4O. The Labute approximate surface area is 181 Å². The number of anilines is 2. The predicted molar refractivity (Wildman–Crippen MR) is 126 cm³/mol. The van der Waals surface area contributed by atoms with Gasteiger partial charge in [0.05, 0.1) is 12.7 Å². The zero-order valence-corrected chi connectivity index (χ0v) is 18.6. The van der Waals surface area contributed by atoms with Gasteiger partial charge in [0.1, 0.15) is 0 Å². The van der Waals surface area contributed by atoms with Crippen molar-refractivity contribution in [2.24, 2.45) is 0 Å². The highest BCUT2D eigenvalue weighted by Gasteiger charge is 2.19. The summed E-state index contributed by atoms with van der Waals surface area (Å²) in [6.45, 7) is 11.8. The molecule has 3 aromatic rings. The van der Waals surface area contributed by atoms with Gasteiger partial charge < -0.3 is 5.32 Å². The van der Waals surface area contributed by atoms with E-state index in [1.54, 1.807) is 4.90 Å². The van der Waals surface area contributed by atoms with Crippen LogP contribution in [0.15, 0.2) is 54.9 Å². The molecule has 2 aromatic carbocycles. The number of hydrogen-bond donors (Lipinski definition) is 1. The zero-order valence-electron chi connectivity index (χ0n) is 18.6. The maximum atomic E-state index is 13.4. The molecule has 1 heterocycles. The second kappa shape index (κ2) is 9.61. The summed E-state index contributed by atoms with van der Waals surface area (Å²) in [4.78, 5) is 15.1. The van der Waals surface area contributed by atoms with Crippen LogP contribution in [0.1, 0.15) is 56.8 Å². The lowest BCUT2D eigenvalue weighted by molar-refractivity contribution is 0.256. The lowest BCUT2D eigenvalue weighted by Gasteiger charge is -2.24. The van der Waals surface area contributed by atoms with Gasteiger partial charge in [-0.2, -0.15) is 5.10 Å². The van der Waals surface area contributed by atoms with Crippen molar-refractivity contribution in [1.29, 1.82) is 0 Å². The summed E-state index contributed by atoms with van der Waals surface area (Å²) >= 11 is 0. The lowest BCUT2D eigenvalue weighted by atomic mass is 10.0. The summed E-state index contributed by atoms with van der Waals surface area (Å²) in [5.41, 5.74) is 6.10. The van der Waals surface area contributed by atoms with Crippen LogP contribution in [0.3, 0.4) is 0 Å². The second-order valence-corrected chi connectivity index (χ2v) is 8.14. The van der Waals surface area contributed by atoms with E-state index in [2.05, 4.69) is 43.3 Å². The molecule has 1 N–H and O–H groups in total. The van der Waals surface area contributed by atoms with E-state index < -0.39 is 0 Å². The number of aromatic nitrogens is 2. The van der Waals surface area contributed by atoms with Crippen molar-refractivity contribution in [3.8, 4) is 0 Å². The third-order valence-electron chi connectivity index (χ3n) is 5.31. The molecule has 5 nitrogen and oxygen atoms in total. The first-order valence-electron chi connectivity index (χ1n) is 10.6. The molecule has 0 bridgehead atoms. The number of nitrogens with one attached hydrogen (secondary N) is 1. The molecule has 5 heteroatoms. The molecule has 3 rings (SSSR count). The Balaban J connectivity index is 0.00000341. The Hall–Kier alpha value is -3.08. The van der Waals surface area contributed by atoms with Crippen molar-refractivity contribution in [3.63, 3.8) is 0 Å². The minimum absolute atomic E-state index is 0. The van der Waals surface area contributed by atoms with Crippen LogP contribution in [0, 0.1) is 13.8 Å². The van der Waals surface area contributed by atoms with Crippen molar-refractivity contribution in [2.75, 3.05) is 10.2 Å². The second-order valence-electron chi connectivity index (χ2n) is 8.14. The van der Waals surface area contributed by atoms with Crippen molar-refractivity contribution in [2.45, 2.75) is 60.0 Å². The van der Waals surface area contributed by atoms with Crippen LogP contribution in [-0.2, 0) is 13.1 Å². The molecule has 0 atom stereocenters. The number of aryl methyl sites for hydroxylation is 3.